The van der Waals surface area contributed by atoms with E-state index in [4.69, 9.17) is 4.74 Å². The fourth-order valence-electron chi connectivity index (χ4n) is 3.82. The van der Waals surface area contributed by atoms with Crippen molar-refractivity contribution in [1.82, 2.24) is 9.88 Å². The number of nitrogens with one attached hydrogen (secondary N) is 1. The van der Waals surface area contributed by atoms with Crippen LogP contribution in [0.1, 0.15) is 18.9 Å². The summed E-state index contributed by atoms with van der Waals surface area (Å²) in [5.41, 5.74) is 3.14. The summed E-state index contributed by atoms with van der Waals surface area (Å²) < 4.78 is 44.0. The van der Waals surface area contributed by atoms with E-state index in [0.717, 1.165) is 39.9 Å². The van der Waals surface area contributed by atoms with Crippen LogP contribution in [-0.4, -0.2) is 49.7 Å². The fourth-order valence-corrected chi connectivity index (χ4v) is 5.16. The Hall–Kier alpha value is -3.13. The number of sulfone groups is 1. The molecule has 0 radical (unpaired) electrons. The standard InChI is InChI=1S/C23H23FN2O4S/c1-15(31(28,29)19-6-3-17(24)4-7-19)23(27)26-11-9-16(10-12-26)21-14-25-22-8-5-18(30-2)13-20(21)22/h3-9,13-15,25H,10-12H2,1-2H3. The maximum atomic E-state index is 13.1. The van der Waals surface area contributed by atoms with Crippen molar-refractivity contribution < 1.29 is 22.3 Å². The van der Waals surface area contributed by atoms with E-state index in [9.17, 15) is 17.6 Å². The summed E-state index contributed by atoms with van der Waals surface area (Å²) in [6.07, 6.45) is 4.51. The molecule has 0 spiro atoms. The quantitative estimate of drug-likeness (QED) is 0.610. The molecule has 0 fully saturated rings. The van der Waals surface area contributed by atoms with Crippen molar-refractivity contribution in [3.8, 4) is 5.75 Å². The first-order valence-corrected chi connectivity index (χ1v) is 11.5. The number of nitrogens with zero attached hydrogens (tertiary/aromatic N) is 1. The minimum absolute atomic E-state index is 0.0595. The zero-order valence-corrected chi connectivity index (χ0v) is 18.1. The molecule has 1 unspecified atom stereocenters. The number of rotatable bonds is 5. The Balaban J connectivity index is 1.52. The van der Waals surface area contributed by atoms with Gasteiger partial charge in [0.05, 0.1) is 12.0 Å². The van der Waals surface area contributed by atoms with Crippen LogP contribution in [0.5, 0.6) is 5.75 Å². The molecule has 4 rings (SSSR count). The molecule has 1 aliphatic heterocycles. The lowest BCUT2D eigenvalue weighted by Gasteiger charge is -2.29. The Morgan fingerprint density at radius 3 is 2.58 bits per heavy atom. The molecule has 1 atom stereocenters. The average molecular weight is 443 g/mol. The third kappa shape index (κ3) is 3.95. The van der Waals surface area contributed by atoms with Gasteiger partial charge in [0.2, 0.25) is 5.91 Å². The number of H-pyrrole nitrogens is 1. The highest BCUT2D eigenvalue weighted by atomic mass is 32.2. The number of fused-ring (bicyclic) bond motifs is 1. The lowest BCUT2D eigenvalue weighted by Crippen LogP contribution is -2.43. The van der Waals surface area contributed by atoms with Gasteiger partial charge in [-0.05, 0) is 61.4 Å². The van der Waals surface area contributed by atoms with Crippen molar-refractivity contribution in [2.45, 2.75) is 23.5 Å². The predicted molar refractivity (Wildman–Crippen MR) is 117 cm³/mol. The summed E-state index contributed by atoms with van der Waals surface area (Å²) in [7, 11) is -2.27. The highest BCUT2D eigenvalue weighted by molar-refractivity contribution is 7.92. The summed E-state index contributed by atoms with van der Waals surface area (Å²) >= 11 is 0. The first-order valence-electron chi connectivity index (χ1n) is 9.94. The van der Waals surface area contributed by atoms with Gasteiger partial charge in [0.25, 0.3) is 0 Å². The Labute approximate surface area is 180 Å². The van der Waals surface area contributed by atoms with E-state index in [1.165, 1.54) is 19.1 Å². The van der Waals surface area contributed by atoms with E-state index in [-0.39, 0.29) is 4.90 Å². The van der Waals surface area contributed by atoms with Crippen LogP contribution in [0.4, 0.5) is 4.39 Å². The van der Waals surface area contributed by atoms with Crippen molar-refractivity contribution >= 4 is 32.2 Å². The Kier molecular flexibility index (Phi) is 5.58. The number of aromatic amines is 1. The van der Waals surface area contributed by atoms with Crippen LogP contribution < -0.4 is 4.74 Å². The number of benzene rings is 2. The summed E-state index contributed by atoms with van der Waals surface area (Å²) in [5, 5.41) is -0.206. The van der Waals surface area contributed by atoms with Gasteiger partial charge in [-0.15, -0.1) is 0 Å². The monoisotopic (exact) mass is 442 g/mol. The van der Waals surface area contributed by atoms with Crippen molar-refractivity contribution in [1.29, 1.82) is 0 Å². The zero-order chi connectivity index (χ0) is 22.2. The Morgan fingerprint density at radius 1 is 1.19 bits per heavy atom. The number of halogens is 1. The van der Waals surface area contributed by atoms with E-state index in [0.29, 0.717) is 19.5 Å². The maximum Gasteiger partial charge on any atom is 0.241 e. The topological polar surface area (TPSA) is 79.5 Å². The number of hydrogen-bond donors (Lipinski definition) is 1. The maximum absolute atomic E-state index is 13.1. The van der Waals surface area contributed by atoms with Crippen LogP contribution in [-0.2, 0) is 14.6 Å². The predicted octanol–water partition coefficient (Wildman–Crippen LogP) is 3.79. The highest BCUT2D eigenvalue weighted by Gasteiger charge is 2.33. The molecule has 3 aromatic rings. The van der Waals surface area contributed by atoms with Gasteiger partial charge in [-0.25, -0.2) is 12.8 Å². The zero-order valence-electron chi connectivity index (χ0n) is 17.3. The average Bonchev–Trinajstić information content (AvgIpc) is 3.21. The molecular formula is C23H23FN2O4S. The first kappa shape index (κ1) is 21.1. The van der Waals surface area contributed by atoms with Gasteiger partial charge in [0.15, 0.2) is 9.84 Å². The highest BCUT2D eigenvalue weighted by Crippen LogP contribution is 2.32. The summed E-state index contributed by atoms with van der Waals surface area (Å²) in [6.45, 7) is 2.13. The third-order valence-electron chi connectivity index (χ3n) is 5.71. The third-order valence-corrected chi connectivity index (χ3v) is 7.77. The van der Waals surface area contributed by atoms with Crippen molar-refractivity contribution in [2.24, 2.45) is 0 Å². The van der Waals surface area contributed by atoms with Crippen LogP contribution in [0.15, 0.2) is 59.6 Å². The number of methoxy groups -OCH3 is 1. The summed E-state index contributed by atoms with van der Waals surface area (Å²) in [6, 6.07) is 10.4. The van der Waals surface area contributed by atoms with Gasteiger partial charge in [0, 0.05) is 35.8 Å². The van der Waals surface area contributed by atoms with Gasteiger partial charge in [0.1, 0.15) is 16.8 Å². The number of amides is 1. The number of carbonyl (C=O) groups is 1. The van der Waals surface area contributed by atoms with Crippen LogP contribution >= 0.6 is 0 Å². The van der Waals surface area contributed by atoms with E-state index in [1.807, 2.05) is 30.5 Å². The molecule has 2 heterocycles. The van der Waals surface area contributed by atoms with Gasteiger partial charge in [-0.2, -0.15) is 0 Å². The lowest BCUT2D eigenvalue weighted by atomic mass is 9.98. The summed E-state index contributed by atoms with van der Waals surface area (Å²) in [4.78, 5) is 17.6. The second-order valence-corrected chi connectivity index (χ2v) is 9.79. The normalized spacial score (nSPS) is 15.6. The molecule has 0 saturated heterocycles. The number of ether oxygens (including phenoxy) is 1. The molecule has 0 saturated carbocycles. The molecule has 1 aliphatic rings. The van der Waals surface area contributed by atoms with E-state index >= 15 is 0 Å². The molecule has 2 aromatic carbocycles. The molecule has 8 heteroatoms. The van der Waals surface area contributed by atoms with E-state index < -0.39 is 26.8 Å². The minimum Gasteiger partial charge on any atom is -0.497 e. The SMILES string of the molecule is COc1ccc2[nH]cc(C3=CCN(C(=O)C(C)S(=O)(=O)c4ccc(F)cc4)CC3)c2c1. The van der Waals surface area contributed by atoms with E-state index in [2.05, 4.69) is 4.98 Å². The van der Waals surface area contributed by atoms with E-state index in [1.54, 1.807) is 12.0 Å². The van der Waals surface area contributed by atoms with Crippen molar-refractivity contribution in [3.05, 3.63) is 66.1 Å². The molecular weight excluding hydrogens is 419 g/mol. The van der Waals surface area contributed by atoms with Crippen molar-refractivity contribution in [3.63, 3.8) is 0 Å². The second kappa shape index (κ2) is 8.19. The largest absolute Gasteiger partial charge is 0.497 e. The summed E-state index contributed by atoms with van der Waals surface area (Å²) in [5.74, 6) is -0.219. The molecule has 6 nitrogen and oxygen atoms in total. The molecule has 1 amide bonds. The van der Waals surface area contributed by atoms with Gasteiger partial charge in [-0.1, -0.05) is 6.08 Å². The van der Waals surface area contributed by atoms with Crippen LogP contribution in [0.2, 0.25) is 0 Å². The molecule has 0 bridgehead atoms. The van der Waals surface area contributed by atoms with Crippen LogP contribution in [0, 0.1) is 5.82 Å². The molecule has 0 aliphatic carbocycles. The number of carbonyl (C=O) groups excluding carboxylic acids is 1. The smallest absolute Gasteiger partial charge is 0.241 e. The van der Waals surface area contributed by atoms with Gasteiger partial charge >= 0.3 is 0 Å². The molecule has 1 aromatic heterocycles. The minimum atomic E-state index is -3.90. The molecule has 162 valence electrons. The van der Waals surface area contributed by atoms with Gasteiger partial charge in [-0.3, -0.25) is 4.79 Å². The fraction of sp³-hybridized carbons (Fsp3) is 0.261. The van der Waals surface area contributed by atoms with Gasteiger partial charge < -0.3 is 14.6 Å². The first-order chi connectivity index (χ1) is 14.8. The number of aromatic nitrogens is 1. The Bertz CT molecular complexity index is 1260. The molecule has 31 heavy (non-hydrogen) atoms. The lowest BCUT2D eigenvalue weighted by molar-refractivity contribution is -0.130. The van der Waals surface area contributed by atoms with Crippen LogP contribution in [0.3, 0.4) is 0 Å². The van der Waals surface area contributed by atoms with Crippen LogP contribution in [0.25, 0.3) is 16.5 Å². The Morgan fingerprint density at radius 2 is 1.94 bits per heavy atom. The second-order valence-electron chi connectivity index (χ2n) is 7.52. The van der Waals surface area contributed by atoms with Crippen molar-refractivity contribution in [2.75, 3.05) is 20.2 Å². The number of hydrogen-bond acceptors (Lipinski definition) is 4. The molecule has 1 N–H and O–H groups in total.